The van der Waals surface area contributed by atoms with Gasteiger partial charge in [-0.15, -0.1) is 0 Å². The van der Waals surface area contributed by atoms with E-state index in [0.29, 0.717) is 38.4 Å². The van der Waals surface area contributed by atoms with Crippen molar-refractivity contribution in [2.45, 2.75) is 13.3 Å². The van der Waals surface area contributed by atoms with Crippen LogP contribution < -0.4 is 5.32 Å². The van der Waals surface area contributed by atoms with Crippen molar-refractivity contribution in [3.8, 4) is 0 Å². The summed E-state index contributed by atoms with van der Waals surface area (Å²) in [4.78, 5) is 25.8. The molecule has 6 heteroatoms. The average molecular weight is 322 g/mol. The van der Waals surface area contributed by atoms with E-state index in [1.54, 1.807) is 19.1 Å². The first-order chi connectivity index (χ1) is 11.1. The summed E-state index contributed by atoms with van der Waals surface area (Å²) in [5.74, 6) is 0.0191. The fourth-order valence-corrected chi connectivity index (χ4v) is 2.00. The van der Waals surface area contributed by atoms with E-state index in [4.69, 9.17) is 9.47 Å². The Bertz CT molecular complexity index is 480. The molecule has 0 radical (unpaired) electrons. The number of Topliss-reactive ketones (excluding diaryl/α,β-unsaturated/α-hetero) is 1. The molecule has 0 atom stereocenters. The van der Waals surface area contributed by atoms with Gasteiger partial charge in [-0.1, -0.05) is 29.8 Å². The molecule has 6 nitrogen and oxygen atoms in total. The first-order valence-electron chi connectivity index (χ1n) is 7.69. The molecule has 0 saturated heterocycles. The summed E-state index contributed by atoms with van der Waals surface area (Å²) >= 11 is 0. The quantitative estimate of drug-likeness (QED) is 0.668. The van der Waals surface area contributed by atoms with Crippen LogP contribution in [0.5, 0.6) is 0 Å². The number of hydrogen-bond donors (Lipinski definition) is 1. The third-order valence-corrected chi connectivity index (χ3v) is 3.42. The van der Waals surface area contributed by atoms with Crippen molar-refractivity contribution in [3.63, 3.8) is 0 Å². The molecular formula is C17H26N2O4. The van der Waals surface area contributed by atoms with E-state index in [1.165, 1.54) is 0 Å². The highest BCUT2D eigenvalue weighted by Crippen LogP contribution is 2.05. The number of amides is 2. The summed E-state index contributed by atoms with van der Waals surface area (Å²) in [6.07, 6.45) is 0.275. The maximum atomic E-state index is 12.1. The van der Waals surface area contributed by atoms with Crippen molar-refractivity contribution in [2.24, 2.45) is 0 Å². The molecule has 23 heavy (non-hydrogen) atoms. The molecule has 1 aromatic rings. The second kappa shape index (κ2) is 10.7. The summed E-state index contributed by atoms with van der Waals surface area (Å²) in [5.41, 5.74) is 1.78. The molecule has 0 saturated carbocycles. The third-order valence-electron chi connectivity index (χ3n) is 3.42. The van der Waals surface area contributed by atoms with Crippen molar-refractivity contribution < 1.29 is 19.1 Å². The van der Waals surface area contributed by atoms with Gasteiger partial charge in [0.2, 0.25) is 0 Å². The maximum absolute atomic E-state index is 12.1. The molecule has 0 spiro atoms. The number of ketones is 1. The molecular weight excluding hydrogens is 296 g/mol. The molecule has 0 fully saturated rings. The topological polar surface area (TPSA) is 67.9 Å². The highest BCUT2D eigenvalue weighted by Gasteiger charge is 2.13. The lowest BCUT2D eigenvalue weighted by Crippen LogP contribution is -2.43. The predicted octanol–water partition coefficient (Wildman–Crippen LogP) is 1.87. The van der Waals surface area contributed by atoms with Crippen LogP contribution in [0.1, 0.15) is 22.3 Å². The Morgan fingerprint density at radius 3 is 2.13 bits per heavy atom. The van der Waals surface area contributed by atoms with Gasteiger partial charge in [0.1, 0.15) is 0 Å². The second-order valence-corrected chi connectivity index (χ2v) is 5.24. The molecule has 1 rings (SSSR count). The van der Waals surface area contributed by atoms with Crippen LogP contribution in [0.2, 0.25) is 0 Å². The summed E-state index contributed by atoms with van der Waals surface area (Å²) < 4.78 is 9.99. The highest BCUT2D eigenvalue weighted by atomic mass is 16.5. The molecule has 1 aromatic carbocycles. The Balaban J connectivity index is 2.40. The minimum absolute atomic E-state index is 0.0191. The summed E-state index contributed by atoms with van der Waals surface area (Å²) in [5, 5.41) is 2.77. The zero-order valence-corrected chi connectivity index (χ0v) is 14.1. The Morgan fingerprint density at radius 1 is 1.04 bits per heavy atom. The number of methoxy groups -OCH3 is 2. The van der Waals surface area contributed by atoms with Gasteiger partial charge < -0.3 is 19.7 Å². The van der Waals surface area contributed by atoms with Gasteiger partial charge in [-0.25, -0.2) is 4.79 Å². The van der Waals surface area contributed by atoms with Crippen LogP contribution in [-0.2, 0) is 9.47 Å². The number of urea groups is 1. The third kappa shape index (κ3) is 7.25. The fourth-order valence-electron chi connectivity index (χ4n) is 2.00. The predicted molar refractivity (Wildman–Crippen MR) is 88.9 cm³/mol. The normalized spacial score (nSPS) is 10.4. The SMILES string of the molecule is COCCN(CCOC)C(=O)NCCC(=O)c1ccc(C)cc1. The molecule has 0 aliphatic heterocycles. The smallest absolute Gasteiger partial charge is 0.317 e. The van der Waals surface area contributed by atoms with Crippen LogP contribution >= 0.6 is 0 Å². The van der Waals surface area contributed by atoms with Crippen molar-refractivity contribution in [2.75, 3.05) is 47.1 Å². The van der Waals surface area contributed by atoms with Gasteiger partial charge in [-0.3, -0.25) is 4.79 Å². The maximum Gasteiger partial charge on any atom is 0.317 e. The van der Waals surface area contributed by atoms with E-state index in [9.17, 15) is 9.59 Å². The first kappa shape index (κ1) is 19.1. The second-order valence-electron chi connectivity index (χ2n) is 5.24. The number of nitrogens with one attached hydrogen (secondary N) is 1. The van der Waals surface area contributed by atoms with Gasteiger partial charge in [0.05, 0.1) is 13.2 Å². The van der Waals surface area contributed by atoms with Crippen molar-refractivity contribution in [3.05, 3.63) is 35.4 Å². The largest absolute Gasteiger partial charge is 0.383 e. The minimum atomic E-state index is -0.212. The number of rotatable bonds is 10. The van der Waals surface area contributed by atoms with Crippen molar-refractivity contribution in [1.29, 1.82) is 0 Å². The minimum Gasteiger partial charge on any atom is -0.383 e. The van der Waals surface area contributed by atoms with Gasteiger partial charge in [0.25, 0.3) is 0 Å². The van der Waals surface area contributed by atoms with E-state index in [-0.39, 0.29) is 18.2 Å². The lowest BCUT2D eigenvalue weighted by molar-refractivity contribution is 0.0981. The average Bonchev–Trinajstić information content (AvgIpc) is 2.55. The number of carbonyl (C=O) groups is 2. The van der Waals surface area contributed by atoms with Gasteiger partial charge in [0.15, 0.2) is 5.78 Å². The molecule has 0 aliphatic rings. The van der Waals surface area contributed by atoms with Crippen LogP contribution in [0.25, 0.3) is 0 Å². The molecule has 0 aliphatic carbocycles. The molecule has 0 bridgehead atoms. The van der Waals surface area contributed by atoms with Crippen LogP contribution in [0.4, 0.5) is 4.79 Å². The first-order valence-corrected chi connectivity index (χ1v) is 7.69. The number of nitrogens with zero attached hydrogens (tertiary/aromatic N) is 1. The summed E-state index contributed by atoms with van der Waals surface area (Å²) in [6, 6.07) is 7.22. The summed E-state index contributed by atoms with van der Waals surface area (Å²) in [6.45, 7) is 4.17. The van der Waals surface area contributed by atoms with Gasteiger partial charge >= 0.3 is 6.03 Å². The number of carbonyl (C=O) groups excluding carboxylic acids is 2. The number of ether oxygens (including phenoxy) is 2. The number of aryl methyl sites for hydroxylation is 1. The van der Waals surface area contributed by atoms with Gasteiger partial charge in [-0.2, -0.15) is 0 Å². The monoisotopic (exact) mass is 322 g/mol. The Kier molecular flexibility index (Phi) is 8.94. The summed E-state index contributed by atoms with van der Waals surface area (Å²) in [7, 11) is 3.18. The Morgan fingerprint density at radius 2 is 1.61 bits per heavy atom. The lowest BCUT2D eigenvalue weighted by Gasteiger charge is -2.22. The van der Waals surface area contributed by atoms with E-state index in [2.05, 4.69) is 5.32 Å². The van der Waals surface area contributed by atoms with Crippen LogP contribution in [0.3, 0.4) is 0 Å². The highest BCUT2D eigenvalue weighted by molar-refractivity contribution is 5.96. The van der Waals surface area contributed by atoms with Crippen LogP contribution in [0, 0.1) is 6.92 Å². The Hall–Kier alpha value is -1.92. The fraction of sp³-hybridized carbons (Fsp3) is 0.529. The van der Waals surface area contributed by atoms with Crippen molar-refractivity contribution >= 4 is 11.8 Å². The van der Waals surface area contributed by atoms with E-state index in [1.807, 2.05) is 31.2 Å². The van der Waals surface area contributed by atoms with Crippen LogP contribution in [-0.4, -0.2) is 63.8 Å². The van der Waals surface area contributed by atoms with E-state index >= 15 is 0 Å². The molecule has 0 heterocycles. The van der Waals surface area contributed by atoms with Gasteiger partial charge in [0, 0.05) is 45.8 Å². The number of hydrogen-bond acceptors (Lipinski definition) is 4. The molecule has 1 N–H and O–H groups in total. The molecule has 0 aromatic heterocycles. The standard InChI is InChI=1S/C17H26N2O4/c1-14-4-6-15(7-5-14)16(20)8-9-18-17(21)19(10-12-22-2)11-13-23-3/h4-7H,8-13H2,1-3H3,(H,18,21). The van der Waals surface area contributed by atoms with Crippen LogP contribution in [0.15, 0.2) is 24.3 Å². The van der Waals surface area contributed by atoms with Crippen molar-refractivity contribution in [1.82, 2.24) is 10.2 Å². The van der Waals surface area contributed by atoms with Gasteiger partial charge in [-0.05, 0) is 6.92 Å². The zero-order chi connectivity index (χ0) is 17.1. The van der Waals surface area contributed by atoms with E-state index < -0.39 is 0 Å². The zero-order valence-electron chi connectivity index (χ0n) is 14.1. The van der Waals surface area contributed by atoms with E-state index in [0.717, 1.165) is 5.56 Å². The molecule has 2 amide bonds. The Labute approximate surface area is 137 Å². The molecule has 0 unspecified atom stereocenters. The molecule has 128 valence electrons. The lowest BCUT2D eigenvalue weighted by atomic mass is 10.1. The number of benzene rings is 1.